The van der Waals surface area contributed by atoms with E-state index in [2.05, 4.69) is 0 Å². The second kappa shape index (κ2) is 4.72. The molecule has 0 atom stereocenters. The Morgan fingerprint density at radius 2 is 1.94 bits per heavy atom. The van der Waals surface area contributed by atoms with Gasteiger partial charge in [0.05, 0.1) is 11.3 Å². The van der Waals surface area contributed by atoms with E-state index in [4.69, 9.17) is 0 Å². The second-order valence-electron chi connectivity index (χ2n) is 4.32. The maximum absolute atomic E-state index is 11.9. The van der Waals surface area contributed by atoms with Crippen molar-refractivity contribution < 1.29 is 14.4 Å². The first kappa shape index (κ1) is 12.5. The fourth-order valence-corrected chi connectivity index (χ4v) is 2.08. The molecule has 1 aromatic rings. The van der Waals surface area contributed by atoms with E-state index in [1.807, 2.05) is 19.9 Å². The molecule has 4 heteroatoms. The largest absolute Gasteiger partial charge is 0.306 e. The Morgan fingerprint density at radius 3 is 2.56 bits per heavy atom. The average molecular weight is 245 g/mol. The Bertz CT molecular complexity index is 534. The molecule has 0 aliphatic carbocycles. The molecule has 1 aromatic carbocycles. The molecule has 18 heavy (non-hydrogen) atoms. The molecule has 0 N–H and O–H groups in total. The van der Waals surface area contributed by atoms with Gasteiger partial charge in [-0.2, -0.15) is 0 Å². The molecule has 0 radical (unpaired) electrons. The molecule has 0 saturated heterocycles. The molecule has 2 rings (SSSR count). The van der Waals surface area contributed by atoms with E-state index in [1.54, 1.807) is 12.1 Å². The molecular formula is C14H15NO3. The number of rotatable bonds is 3. The number of Topliss-reactive ketones (excluding diaryl/α,β-unsaturated/α-hetero) is 1. The number of ketones is 1. The van der Waals surface area contributed by atoms with E-state index >= 15 is 0 Å². The highest BCUT2D eigenvalue weighted by atomic mass is 16.2. The zero-order valence-electron chi connectivity index (χ0n) is 10.5. The van der Waals surface area contributed by atoms with E-state index in [0.29, 0.717) is 17.7 Å². The molecule has 0 fully saturated rings. The van der Waals surface area contributed by atoms with Crippen LogP contribution in [0.1, 0.15) is 42.6 Å². The molecule has 94 valence electrons. The van der Waals surface area contributed by atoms with Crippen LogP contribution in [-0.4, -0.2) is 17.6 Å². The number of anilines is 1. The van der Waals surface area contributed by atoms with Crippen LogP contribution < -0.4 is 4.90 Å². The number of imide groups is 1. The van der Waals surface area contributed by atoms with Crippen LogP contribution in [0.25, 0.3) is 0 Å². The summed E-state index contributed by atoms with van der Waals surface area (Å²) in [6.07, 6.45) is 1.71. The SMILES string of the molecule is CCCC(=O)N1C(=O)C(=O)c2cc(CC)ccc21. The summed E-state index contributed by atoms with van der Waals surface area (Å²) in [6.45, 7) is 3.84. The maximum atomic E-state index is 11.9. The van der Waals surface area contributed by atoms with Crippen LogP contribution in [0.2, 0.25) is 0 Å². The fourth-order valence-electron chi connectivity index (χ4n) is 2.08. The van der Waals surface area contributed by atoms with E-state index < -0.39 is 11.7 Å². The highest BCUT2D eigenvalue weighted by Crippen LogP contribution is 2.30. The predicted molar refractivity (Wildman–Crippen MR) is 67.6 cm³/mol. The first-order valence-corrected chi connectivity index (χ1v) is 6.14. The molecule has 0 aromatic heterocycles. The lowest BCUT2D eigenvalue weighted by Gasteiger charge is -2.14. The third-order valence-electron chi connectivity index (χ3n) is 3.07. The molecule has 4 nitrogen and oxygen atoms in total. The standard InChI is InChI=1S/C14H15NO3/c1-3-5-12(16)15-11-7-6-9(4-2)8-10(11)13(17)14(15)18/h6-8H,3-5H2,1-2H3. The lowest BCUT2D eigenvalue weighted by atomic mass is 10.1. The Balaban J connectivity index is 2.46. The summed E-state index contributed by atoms with van der Waals surface area (Å²) in [5.41, 5.74) is 1.77. The van der Waals surface area contributed by atoms with Crippen LogP contribution in [-0.2, 0) is 16.0 Å². The number of carbonyl (C=O) groups excluding carboxylic acids is 3. The van der Waals surface area contributed by atoms with Crippen LogP contribution in [0.15, 0.2) is 18.2 Å². The monoisotopic (exact) mass is 245 g/mol. The fraction of sp³-hybridized carbons (Fsp3) is 0.357. The van der Waals surface area contributed by atoms with Gasteiger partial charge in [-0.3, -0.25) is 14.4 Å². The van der Waals surface area contributed by atoms with Crippen LogP contribution in [0.3, 0.4) is 0 Å². The molecular weight excluding hydrogens is 230 g/mol. The predicted octanol–water partition coefficient (Wildman–Crippen LogP) is 2.10. The zero-order valence-corrected chi connectivity index (χ0v) is 10.5. The number of benzene rings is 1. The number of fused-ring (bicyclic) bond motifs is 1. The van der Waals surface area contributed by atoms with Gasteiger partial charge < -0.3 is 0 Å². The van der Waals surface area contributed by atoms with Gasteiger partial charge in [0.15, 0.2) is 0 Å². The number of nitrogens with zero attached hydrogens (tertiary/aromatic N) is 1. The first-order chi connectivity index (χ1) is 8.60. The Hall–Kier alpha value is -1.97. The normalized spacial score (nSPS) is 14.0. The molecule has 0 unspecified atom stereocenters. The summed E-state index contributed by atoms with van der Waals surface area (Å²) in [5, 5.41) is 0. The van der Waals surface area contributed by atoms with Crippen molar-refractivity contribution >= 4 is 23.3 Å². The van der Waals surface area contributed by atoms with Crippen molar-refractivity contribution in [1.82, 2.24) is 0 Å². The highest BCUT2D eigenvalue weighted by Gasteiger charge is 2.39. The van der Waals surface area contributed by atoms with Crippen molar-refractivity contribution in [2.75, 3.05) is 4.90 Å². The zero-order chi connectivity index (χ0) is 13.3. The number of carbonyl (C=O) groups is 3. The van der Waals surface area contributed by atoms with Gasteiger partial charge in [0.25, 0.3) is 5.78 Å². The molecule has 0 bridgehead atoms. The second-order valence-corrected chi connectivity index (χ2v) is 4.32. The highest BCUT2D eigenvalue weighted by molar-refractivity contribution is 6.56. The van der Waals surface area contributed by atoms with Gasteiger partial charge in [-0.15, -0.1) is 0 Å². The third kappa shape index (κ3) is 1.83. The Kier molecular flexibility index (Phi) is 3.28. The topological polar surface area (TPSA) is 54.5 Å². The van der Waals surface area contributed by atoms with E-state index in [0.717, 1.165) is 16.9 Å². The van der Waals surface area contributed by atoms with Crippen molar-refractivity contribution in [2.45, 2.75) is 33.1 Å². The number of aryl methyl sites for hydroxylation is 1. The summed E-state index contributed by atoms with van der Waals surface area (Å²) in [4.78, 5) is 36.6. The van der Waals surface area contributed by atoms with Gasteiger partial charge in [0.2, 0.25) is 5.91 Å². The third-order valence-corrected chi connectivity index (χ3v) is 3.07. The molecule has 2 amide bonds. The van der Waals surface area contributed by atoms with Gasteiger partial charge in [-0.1, -0.05) is 19.9 Å². The number of amides is 2. The van der Waals surface area contributed by atoms with Gasteiger partial charge in [0.1, 0.15) is 0 Å². The molecule has 1 aliphatic rings. The van der Waals surface area contributed by atoms with E-state index in [9.17, 15) is 14.4 Å². The maximum Gasteiger partial charge on any atom is 0.306 e. The molecule has 0 spiro atoms. The lowest BCUT2D eigenvalue weighted by Crippen LogP contribution is -2.35. The Morgan fingerprint density at radius 1 is 1.22 bits per heavy atom. The van der Waals surface area contributed by atoms with Gasteiger partial charge in [-0.05, 0) is 30.5 Å². The minimum absolute atomic E-state index is 0.272. The van der Waals surface area contributed by atoms with E-state index in [-0.39, 0.29) is 12.3 Å². The van der Waals surface area contributed by atoms with Crippen LogP contribution in [0.5, 0.6) is 0 Å². The number of hydrogen-bond acceptors (Lipinski definition) is 3. The van der Waals surface area contributed by atoms with Crippen molar-refractivity contribution in [1.29, 1.82) is 0 Å². The molecule has 0 saturated carbocycles. The summed E-state index contributed by atoms with van der Waals surface area (Å²) in [5.74, 6) is -1.61. The van der Waals surface area contributed by atoms with Crippen LogP contribution in [0.4, 0.5) is 5.69 Å². The van der Waals surface area contributed by atoms with E-state index in [1.165, 1.54) is 0 Å². The van der Waals surface area contributed by atoms with Crippen LogP contribution >= 0.6 is 0 Å². The summed E-state index contributed by atoms with van der Waals surface area (Å²) < 4.78 is 0. The molecule has 1 heterocycles. The summed E-state index contributed by atoms with van der Waals surface area (Å²) in [7, 11) is 0. The van der Waals surface area contributed by atoms with Crippen molar-refractivity contribution in [3.8, 4) is 0 Å². The average Bonchev–Trinajstić information content (AvgIpc) is 2.62. The van der Waals surface area contributed by atoms with Crippen LogP contribution in [0, 0.1) is 0 Å². The molecule has 1 aliphatic heterocycles. The van der Waals surface area contributed by atoms with Crippen molar-refractivity contribution in [2.24, 2.45) is 0 Å². The first-order valence-electron chi connectivity index (χ1n) is 6.14. The lowest BCUT2D eigenvalue weighted by molar-refractivity contribution is -0.124. The minimum atomic E-state index is -0.725. The summed E-state index contributed by atoms with van der Waals surface area (Å²) in [6, 6.07) is 5.23. The summed E-state index contributed by atoms with van der Waals surface area (Å²) >= 11 is 0. The Labute approximate surface area is 106 Å². The quantitative estimate of drug-likeness (QED) is 0.766. The van der Waals surface area contributed by atoms with Gasteiger partial charge in [-0.25, -0.2) is 4.90 Å². The van der Waals surface area contributed by atoms with Crippen molar-refractivity contribution in [3.63, 3.8) is 0 Å². The van der Waals surface area contributed by atoms with Gasteiger partial charge >= 0.3 is 5.91 Å². The van der Waals surface area contributed by atoms with Crippen molar-refractivity contribution in [3.05, 3.63) is 29.3 Å². The van der Waals surface area contributed by atoms with Gasteiger partial charge in [0, 0.05) is 6.42 Å². The number of hydrogen-bond donors (Lipinski definition) is 0. The minimum Gasteiger partial charge on any atom is -0.283 e. The smallest absolute Gasteiger partial charge is 0.283 e.